The minimum absolute atomic E-state index is 0.0290. The van der Waals surface area contributed by atoms with Gasteiger partial charge in [-0.05, 0) is 23.3 Å². The van der Waals surface area contributed by atoms with Gasteiger partial charge in [0, 0.05) is 5.82 Å². The highest BCUT2D eigenvalue weighted by Crippen LogP contribution is 2.54. The Morgan fingerprint density at radius 3 is 2.71 bits per heavy atom. The monoisotopic (exact) mass is 190 g/mol. The molecule has 74 valence electrons. The first-order valence-corrected chi connectivity index (χ1v) is 5.03. The van der Waals surface area contributed by atoms with Gasteiger partial charge >= 0.3 is 7.12 Å². The zero-order valence-electron chi connectivity index (χ0n) is 8.30. The van der Waals surface area contributed by atoms with Crippen molar-refractivity contribution in [2.45, 2.75) is 12.7 Å². The Bertz CT molecular complexity index is 306. The predicted octanol–water partition coefficient (Wildman–Crippen LogP) is 1.39. The third-order valence-electron chi connectivity index (χ3n) is 3.58. The van der Waals surface area contributed by atoms with Crippen LogP contribution in [0.5, 0.6) is 0 Å². The summed E-state index contributed by atoms with van der Waals surface area (Å²) < 4.78 is 0. The van der Waals surface area contributed by atoms with Crippen molar-refractivity contribution in [1.29, 1.82) is 0 Å². The van der Waals surface area contributed by atoms with Gasteiger partial charge in [0.1, 0.15) is 0 Å². The van der Waals surface area contributed by atoms with Crippen molar-refractivity contribution in [3.05, 3.63) is 36.5 Å². The lowest BCUT2D eigenvalue weighted by Crippen LogP contribution is -2.46. The molecule has 1 fully saturated rings. The fraction of sp³-hybridized carbons (Fsp3) is 0.455. The summed E-state index contributed by atoms with van der Waals surface area (Å²) in [6.07, 6.45) is 8.01. The van der Waals surface area contributed by atoms with E-state index in [1.54, 1.807) is 0 Å². The van der Waals surface area contributed by atoms with Gasteiger partial charge in [-0.25, -0.2) is 0 Å². The van der Waals surface area contributed by atoms with Crippen molar-refractivity contribution in [2.75, 3.05) is 0 Å². The molecular weight excluding hydrogens is 175 g/mol. The second-order valence-corrected chi connectivity index (χ2v) is 4.23. The Morgan fingerprint density at radius 1 is 1.43 bits per heavy atom. The average Bonchev–Trinajstić information content (AvgIpc) is 2.44. The van der Waals surface area contributed by atoms with Gasteiger partial charge in [-0.3, -0.25) is 0 Å². The summed E-state index contributed by atoms with van der Waals surface area (Å²) in [6, 6.07) is 0. The second-order valence-electron chi connectivity index (χ2n) is 4.23. The normalized spacial score (nSPS) is 39.5. The maximum atomic E-state index is 9.25. The Labute approximate surface area is 84.8 Å². The Kier molecular flexibility index (Phi) is 2.37. The van der Waals surface area contributed by atoms with Gasteiger partial charge in [0.05, 0.1) is 0 Å². The number of hydrogen-bond acceptors (Lipinski definition) is 2. The van der Waals surface area contributed by atoms with E-state index in [0.29, 0.717) is 11.8 Å². The lowest BCUT2D eigenvalue weighted by atomic mass is 9.45. The number of allylic oxidation sites excluding steroid dienone is 5. The first kappa shape index (κ1) is 9.75. The molecule has 2 N–H and O–H groups in total. The zero-order valence-corrected chi connectivity index (χ0v) is 8.30. The number of rotatable bonds is 2. The highest BCUT2D eigenvalue weighted by molar-refractivity contribution is 6.44. The van der Waals surface area contributed by atoms with Crippen molar-refractivity contribution in [1.82, 2.24) is 0 Å². The molecule has 1 saturated carbocycles. The van der Waals surface area contributed by atoms with E-state index >= 15 is 0 Å². The smallest absolute Gasteiger partial charge is 0.427 e. The molecule has 0 aromatic rings. The molecule has 2 nitrogen and oxygen atoms in total. The van der Waals surface area contributed by atoms with Gasteiger partial charge in [-0.1, -0.05) is 37.8 Å². The van der Waals surface area contributed by atoms with Crippen molar-refractivity contribution >= 4 is 7.12 Å². The summed E-state index contributed by atoms with van der Waals surface area (Å²) >= 11 is 0. The van der Waals surface area contributed by atoms with E-state index in [2.05, 4.69) is 25.7 Å². The Morgan fingerprint density at radius 2 is 2.14 bits per heavy atom. The summed E-state index contributed by atoms with van der Waals surface area (Å²) in [4.78, 5) is 0. The average molecular weight is 190 g/mol. The largest absolute Gasteiger partial charge is 0.455 e. The minimum atomic E-state index is -1.20. The highest BCUT2D eigenvalue weighted by atomic mass is 16.4. The summed E-state index contributed by atoms with van der Waals surface area (Å²) in [5.74, 6) is 1.06. The van der Waals surface area contributed by atoms with Crippen LogP contribution in [-0.4, -0.2) is 17.2 Å². The van der Waals surface area contributed by atoms with Gasteiger partial charge in [-0.2, -0.15) is 0 Å². The molecule has 0 radical (unpaired) electrons. The molecule has 3 heteroatoms. The summed E-state index contributed by atoms with van der Waals surface area (Å²) in [6.45, 7) is 5.88. The van der Waals surface area contributed by atoms with Crippen LogP contribution < -0.4 is 0 Å². The molecular formula is C11H15BO2. The molecule has 14 heavy (non-hydrogen) atoms. The van der Waals surface area contributed by atoms with E-state index in [4.69, 9.17) is 0 Å². The minimum Gasteiger partial charge on any atom is -0.427 e. The fourth-order valence-electron chi connectivity index (χ4n) is 2.67. The van der Waals surface area contributed by atoms with Crippen LogP contribution in [0.2, 0.25) is 5.82 Å². The first-order valence-electron chi connectivity index (χ1n) is 5.03. The van der Waals surface area contributed by atoms with Crippen LogP contribution >= 0.6 is 0 Å². The predicted molar refractivity (Wildman–Crippen MR) is 57.5 cm³/mol. The van der Waals surface area contributed by atoms with Crippen molar-refractivity contribution in [2.24, 2.45) is 17.8 Å². The maximum Gasteiger partial charge on any atom is 0.455 e. The van der Waals surface area contributed by atoms with Crippen molar-refractivity contribution in [3.63, 3.8) is 0 Å². The van der Waals surface area contributed by atoms with Crippen LogP contribution in [0.15, 0.2) is 36.5 Å². The molecule has 0 aromatic carbocycles. The number of fused-ring (bicyclic) bond motifs is 1. The van der Waals surface area contributed by atoms with Gasteiger partial charge in [0.2, 0.25) is 0 Å². The SMILES string of the molecule is C=CC1=CC2C(C)C(C=C1)C2B(O)O. The molecule has 0 aliphatic heterocycles. The van der Waals surface area contributed by atoms with Gasteiger partial charge in [-0.15, -0.1) is 0 Å². The summed E-state index contributed by atoms with van der Waals surface area (Å²) in [7, 11) is -1.20. The molecule has 0 heterocycles. The molecule has 3 aliphatic carbocycles. The van der Waals surface area contributed by atoms with E-state index in [1.165, 1.54) is 0 Å². The van der Waals surface area contributed by atoms with Crippen LogP contribution in [0.3, 0.4) is 0 Å². The van der Waals surface area contributed by atoms with Crippen LogP contribution in [0.1, 0.15) is 6.92 Å². The van der Waals surface area contributed by atoms with Crippen LogP contribution in [0.4, 0.5) is 0 Å². The number of hydrogen-bond donors (Lipinski definition) is 2. The van der Waals surface area contributed by atoms with Crippen molar-refractivity contribution in [3.8, 4) is 0 Å². The maximum absolute atomic E-state index is 9.25. The molecule has 0 spiro atoms. The Hall–Kier alpha value is -0.795. The zero-order chi connectivity index (χ0) is 10.3. The molecule has 4 unspecified atom stereocenters. The molecule has 3 rings (SSSR count). The molecule has 4 atom stereocenters. The lowest BCUT2D eigenvalue weighted by molar-refractivity contribution is 0.141. The summed E-state index contributed by atoms with van der Waals surface area (Å²) in [5.41, 5.74) is 1.09. The van der Waals surface area contributed by atoms with Crippen LogP contribution in [0.25, 0.3) is 0 Å². The van der Waals surface area contributed by atoms with E-state index in [0.717, 1.165) is 5.57 Å². The second kappa shape index (κ2) is 3.41. The first-order chi connectivity index (χ1) is 6.65. The van der Waals surface area contributed by atoms with E-state index in [-0.39, 0.29) is 11.7 Å². The van der Waals surface area contributed by atoms with E-state index < -0.39 is 7.12 Å². The summed E-state index contributed by atoms with van der Waals surface area (Å²) in [5, 5.41) is 18.5. The lowest BCUT2D eigenvalue weighted by Gasteiger charge is -2.47. The topological polar surface area (TPSA) is 40.5 Å². The van der Waals surface area contributed by atoms with E-state index in [9.17, 15) is 10.0 Å². The highest BCUT2D eigenvalue weighted by Gasteiger charge is 2.51. The van der Waals surface area contributed by atoms with Gasteiger partial charge in [0.25, 0.3) is 0 Å². The third kappa shape index (κ3) is 1.28. The van der Waals surface area contributed by atoms with Crippen LogP contribution in [0, 0.1) is 17.8 Å². The van der Waals surface area contributed by atoms with Crippen molar-refractivity contribution < 1.29 is 10.0 Å². The molecule has 0 aromatic heterocycles. The van der Waals surface area contributed by atoms with Crippen LogP contribution in [-0.2, 0) is 0 Å². The van der Waals surface area contributed by atoms with Gasteiger partial charge in [0.15, 0.2) is 0 Å². The molecule has 3 aliphatic rings. The third-order valence-corrected chi connectivity index (χ3v) is 3.58. The van der Waals surface area contributed by atoms with E-state index in [1.807, 2.05) is 12.2 Å². The van der Waals surface area contributed by atoms with Gasteiger partial charge < -0.3 is 10.0 Å². The standard InChI is InChI=1S/C11H15BO2/c1-3-8-4-5-9-7(2)10(6-8)11(9)12(13)14/h3-7,9-11,13-14H,1H2,2H3. The molecule has 0 amide bonds. The molecule has 0 saturated heterocycles. The molecule has 2 bridgehead atoms. The Balaban J connectivity index is 2.28. The quantitative estimate of drug-likeness (QED) is 0.646. The fourth-order valence-corrected chi connectivity index (χ4v) is 2.67.